The summed E-state index contributed by atoms with van der Waals surface area (Å²) < 4.78 is 13.4. The summed E-state index contributed by atoms with van der Waals surface area (Å²) >= 11 is 0. The molecule has 0 unspecified atom stereocenters. The average molecular weight is 464 g/mol. The molecule has 35 heavy (non-hydrogen) atoms. The van der Waals surface area contributed by atoms with Crippen molar-refractivity contribution in [2.75, 3.05) is 5.32 Å². The van der Waals surface area contributed by atoms with E-state index in [-0.39, 0.29) is 5.82 Å². The second-order valence-electron chi connectivity index (χ2n) is 8.74. The van der Waals surface area contributed by atoms with E-state index in [0.717, 1.165) is 50.0 Å². The second kappa shape index (κ2) is 8.32. The van der Waals surface area contributed by atoms with Crippen LogP contribution in [-0.2, 0) is 0 Å². The molecule has 0 spiro atoms. The van der Waals surface area contributed by atoms with E-state index in [1.165, 1.54) is 12.1 Å². The second-order valence-corrected chi connectivity index (χ2v) is 8.74. The number of anilines is 1. The molecule has 0 saturated carbocycles. The Morgan fingerprint density at radius 2 is 1.77 bits per heavy atom. The lowest BCUT2D eigenvalue weighted by Gasteiger charge is -2.10. The summed E-state index contributed by atoms with van der Waals surface area (Å²) in [5.41, 5.74) is 7.67. The number of H-pyrrole nitrogens is 2. The van der Waals surface area contributed by atoms with Gasteiger partial charge in [-0.1, -0.05) is 24.3 Å². The lowest BCUT2D eigenvalue weighted by atomic mass is 10.0. The maximum absolute atomic E-state index is 13.4. The van der Waals surface area contributed by atoms with Gasteiger partial charge in [0.25, 0.3) is 0 Å². The molecule has 172 valence electrons. The van der Waals surface area contributed by atoms with E-state index >= 15 is 0 Å². The number of aromatic amines is 2. The highest BCUT2D eigenvalue weighted by Crippen LogP contribution is 2.32. The van der Waals surface area contributed by atoms with Crippen LogP contribution < -0.4 is 5.32 Å². The van der Waals surface area contributed by atoms with Crippen LogP contribution in [0.25, 0.3) is 55.8 Å². The average Bonchev–Trinajstić information content (AvgIpc) is 3.48. The Hall–Kier alpha value is -4.59. The predicted molar refractivity (Wildman–Crippen MR) is 136 cm³/mol. The summed E-state index contributed by atoms with van der Waals surface area (Å²) in [5, 5.41) is 11.9. The van der Waals surface area contributed by atoms with E-state index in [2.05, 4.69) is 44.3 Å². The van der Waals surface area contributed by atoms with Crippen LogP contribution in [0.2, 0.25) is 0 Å². The first-order chi connectivity index (χ1) is 17.0. The molecule has 0 bridgehead atoms. The zero-order valence-electron chi connectivity index (χ0n) is 19.2. The number of nitrogens with zero attached hydrogens (tertiary/aromatic N) is 4. The molecule has 0 atom stereocenters. The fraction of sp³-hybridized carbons (Fsp3) is 0.111. The SMILES string of the molecule is CC(C)Nc1cncc(-c2cc3c(-c4nc5c(-c6ccc(F)cc6)cccc5[nH]4)n[nH]c3cn2)c1. The van der Waals surface area contributed by atoms with Gasteiger partial charge in [-0.2, -0.15) is 5.10 Å². The standard InChI is InChI=1S/C27H22FN7/c1-15(2)31-19-10-17(12-29-13-19)23-11-21-24(14-30-23)34-35-26(21)27-32-22-5-3-4-20(25(22)33-27)16-6-8-18(28)9-7-16/h3-15,31H,1-2H3,(H,32,33)(H,34,35). The van der Waals surface area contributed by atoms with E-state index in [1.54, 1.807) is 30.7 Å². The van der Waals surface area contributed by atoms with Crippen molar-refractivity contribution in [2.45, 2.75) is 19.9 Å². The van der Waals surface area contributed by atoms with Crippen LogP contribution in [0.3, 0.4) is 0 Å². The summed E-state index contributed by atoms with van der Waals surface area (Å²) in [6.07, 6.45) is 5.38. The monoisotopic (exact) mass is 463 g/mol. The van der Waals surface area contributed by atoms with E-state index in [0.29, 0.717) is 17.6 Å². The van der Waals surface area contributed by atoms with Crippen molar-refractivity contribution in [2.24, 2.45) is 0 Å². The lowest BCUT2D eigenvalue weighted by molar-refractivity contribution is 0.628. The fourth-order valence-electron chi connectivity index (χ4n) is 4.25. The smallest absolute Gasteiger partial charge is 0.159 e. The third kappa shape index (κ3) is 3.89. The van der Waals surface area contributed by atoms with Gasteiger partial charge in [-0.15, -0.1) is 0 Å². The highest BCUT2D eigenvalue weighted by Gasteiger charge is 2.16. The summed E-state index contributed by atoms with van der Waals surface area (Å²) in [4.78, 5) is 17.2. The van der Waals surface area contributed by atoms with Gasteiger partial charge in [0.05, 0.1) is 34.1 Å². The number of hydrogen-bond donors (Lipinski definition) is 3. The lowest BCUT2D eigenvalue weighted by Crippen LogP contribution is -2.09. The Labute approximate surface area is 200 Å². The van der Waals surface area contributed by atoms with Crippen LogP contribution in [0.15, 0.2) is 73.2 Å². The summed E-state index contributed by atoms with van der Waals surface area (Å²) in [6.45, 7) is 4.17. The number of aromatic nitrogens is 6. The molecule has 3 N–H and O–H groups in total. The van der Waals surface area contributed by atoms with E-state index < -0.39 is 0 Å². The molecule has 7 nitrogen and oxygen atoms in total. The first-order valence-electron chi connectivity index (χ1n) is 11.4. The molecule has 0 amide bonds. The largest absolute Gasteiger partial charge is 0.382 e. The van der Waals surface area contributed by atoms with Crippen molar-refractivity contribution in [3.8, 4) is 33.9 Å². The van der Waals surface area contributed by atoms with Crippen LogP contribution in [0, 0.1) is 5.82 Å². The number of nitrogens with one attached hydrogen (secondary N) is 3. The molecular weight excluding hydrogens is 441 g/mol. The fourth-order valence-corrected chi connectivity index (χ4v) is 4.25. The molecular formula is C27H22FN7. The summed E-state index contributed by atoms with van der Waals surface area (Å²) in [6, 6.07) is 16.7. The minimum Gasteiger partial charge on any atom is -0.382 e. The van der Waals surface area contributed by atoms with Crippen molar-refractivity contribution in [1.82, 2.24) is 30.1 Å². The van der Waals surface area contributed by atoms with Crippen LogP contribution in [0.5, 0.6) is 0 Å². The number of pyridine rings is 2. The van der Waals surface area contributed by atoms with Gasteiger partial charge in [0.1, 0.15) is 11.5 Å². The van der Waals surface area contributed by atoms with Crippen molar-refractivity contribution in [3.63, 3.8) is 0 Å². The topological polar surface area (TPSA) is 95.2 Å². The van der Waals surface area contributed by atoms with Gasteiger partial charge in [0.15, 0.2) is 5.82 Å². The third-order valence-corrected chi connectivity index (χ3v) is 5.83. The Balaban J connectivity index is 1.44. The van der Waals surface area contributed by atoms with Gasteiger partial charge in [-0.3, -0.25) is 15.1 Å². The highest BCUT2D eigenvalue weighted by atomic mass is 19.1. The zero-order valence-corrected chi connectivity index (χ0v) is 19.2. The van der Waals surface area contributed by atoms with Gasteiger partial charge in [-0.25, -0.2) is 9.37 Å². The van der Waals surface area contributed by atoms with Crippen LogP contribution >= 0.6 is 0 Å². The number of imidazole rings is 1. The summed E-state index contributed by atoms with van der Waals surface area (Å²) in [5.74, 6) is 0.378. The molecule has 0 saturated heterocycles. The Kier molecular flexibility index (Phi) is 4.99. The number of halogens is 1. The van der Waals surface area contributed by atoms with Crippen molar-refractivity contribution >= 4 is 27.6 Å². The van der Waals surface area contributed by atoms with Crippen molar-refractivity contribution < 1.29 is 4.39 Å². The van der Waals surface area contributed by atoms with Gasteiger partial charge in [0.2, 0.25) is 0 Å². The minimum absolute atomic E-state index is 0.267. The maximum atomic E-state index is 13.4. The molecule has 0 fully saturated rings. The Bertz CT molecular complexity index is 1670. The van der Waals surface area contributed by atoms with Crippen LogP contribution in [0.1, 0.15) is 13.8 Å². The molecule has 2 aromatic carbocycles. The van der Waals surface area contributed by atoms with Crippen LogP contribution in [0.4, 0.5) is 10.1 Å². The maximum Gasteiger partial charge on any atom is 0.159 e. The van der Waals surface area contributed by atoms with Gasteiger partial charge < -0.3 is 10.3 Å². The van der Waals surface area contributed by atoms with E-state index in [9.17, 15) is 4.39 Å². The van der Waals surface area contributed by atoms with Crippen molar-refractivity contribution in [1.29, 1.82) is 0 Å². The highest BCUT2D eigenvalue weighted by molar-refractivity contribution is 5.97. The number of benzene rings is 2. The number of hydrogen-bond acceptors (Lipinski definition) is 5. The molecule has 6 rings (SSSR count). The van der Waals surface area contributed by atoms with E-state index in [4.69, 9.17) is 4.98 Å². The Morgan fingerprint density at radius 1 is 0.914 bits per heavy atom. The molecule has 0 aliphatic rings. The molecule has 0 radical (unpaired) electrons. The molecule has 0 aliphatic heterocycles. The molecule has 4 heterocycles. The molecule has 6 aromatic rings. The van der Waals surface area contributed by atoms with Gasteiger partial charge >= 0.3 is 0 Å². The number of rotatable bonds is 5. The van der Waals surface area contributed by atoms with Gasteiger partial charge in [-0.05, 0) is 49.7 Å². The first kappa shape index (κ1) is 21.0. The molecule has 4 aromatic heterocycles. The predicted octanol–water partition coefficient (Wildman–Crippen LogP) is 6.19. The molecule has 0 aliphatic carbocycles. The summed E-state index contributed by atoms with van der Waals surface area (Å²) in [7, 11) is 0. The minimum atomic E-state index is -0.267. The number of para-hydroxylation sites is 1. The quantitative estimate of drug-likeness (QED) is 0.283. The molecule has 8 heteroatoms. The number of fused-ring (bicyclic) bond motifs is 2. The normalized spacial score (nSPS) is 11.5. The van der Waals surface area contributed by atoms with Gasteiger partial charge in [0, 0.05) is 34.9 Å². The first-order valence-corrected chi connectivity index (χ1v) is 11.4. The van der Waals surface area contributed by atoms with Crippen LogP contribution in [-0.4, -0.2) is 36.2 Å². The Morgan fingerprint density at radius 3 is 2.60 bits per heavy atom. The third-order valence-electron chi connectivity index (χ3n) is 5.83. The van der Waals surface area contributed by atoms with Crippen molar-refractivity contribution in [3.05, 3.63) is 79.0 Å². The zero-order chi connectivity index (χ0) is 23.9. The van der Waals surface area contributed by atoms with E-state index in [1.807, 2.05) is 30.3 Å².